The van der Waals surface area contributed by atoms with E-state index in [9.17, 15) is 9.59 Å². The summed E-state index contributed by atoms with van der Waals surface area (Å²) < 4.78 is 13.8. The smallest absolute Gasteiger partial charge is 0.409 e. The molecule has 3 N–H and O–H groups in total. The molecule has 0 heterocycles. The molecule has 1 unspecified atom stereocenters. The summed E-state index contributed by atoms with van der Waals surface area (Å²) in [4.78, 5) is 21.5. The Hall–Kier alpha value is -1.34. The van der Waals surface area contributed by atoms with Crippen LogP contribution in [0.3, 0.4) is 0 Å². The van der Waals surface area contributed by atoms with E-state index in [-0.39, 0.29) is 13.2 Å². The van der Waals surface area contributed by atoms with Crippen LogP contribution in [0, 0.1) is 0 Å². The topological polar surface area (TPSA) is 99.9 Å². The second-order valence-corrected chi connectivity index (χ2v) is 2.29. The van der Waals surface area contributed by atoms with Crippen molar-refractivity contribution < 1.29 is 23.8 Å². The minimum atomic E-state index is -1.18. The van der Waals surface area contributed by atoms with Gasteiger partial charge >= 0.3 is 6.09 Å². The predicted molar refractivity (Wildman–Crippen MR) is 46.4 cm³/mol. The van der Waals surface area contributed by atoms with Gasteiger partial charge in [0.05, 0.1) is 6.61 Å². The molecule has 2 amide bonds. The molecule has 0 aromatic carbocycles. The first-order valence-electron chi connectivity index (χ1n) is 3.86. The van der Waals surface area contributed by atoms with E-state index in [0.29, 0.717) is 0 Å². The number of alkyl carbamates (subject to hydrolysis) is 1. The van der Waals surface area contributed by atoms with Gasteiger partial charge in [-0.1, -0.05) is 0 Å². The van der Waals surface area contributed by atoms with Crippen LogP contribution in [-0.4, -0.2) is 45.7 Å². The third-order valence-corrected chi connectivity index (χ3v) is 1.26. The average Bonchev–Trinajstić information content (AvgIpc) is 2.14. The third kappa shape index (κ3) is 5.33. The van der Waals surface area contributed by atoms with Crippen LogP contribution >= 0.6 is 0 Å². The highest BCUT2D eigenvalue weighted by Gasteiger charge is 2.17. The minimum absolute atomic E-state index is 0.0948. The highest BCUT2D eigenvalue weighted by atomic mass is 16.6. The van der Waals surface area contributed by atoms with Crippen molar-refractivity contribution in [3.63, 3.8) is 0 Å². The van der Waals surface area contributed by atoms with Crippen molar-refractivity contribution >= 4 is 12.0 Å². The van der Waals surface area contributed by atoms with Gasteiger partial charge in [0.2, 0.25) is 6.23 Å². The Kier molecular flexibility index (Phi) is 6.42. The molecule has 0 radical (unpaired) electrons. The van der Waals surface area contributed by atoms with E-state index >= 15 is 0 Å². The number of amides is 2. The van der Waals surface area contributed by atoms with Crippen molar-refractivity contribution in [1.82, 2.24) is 5.32 Å². The maximum atomic E-state index is 10.9. The largest absolute Gasteiger partial charge is 0.447 e. The number of rotatable bonds is 6. The highest BCUT2D eigenvalue weighted by Crippen LogP contribution is 1.86. The first kappa shape index (κ1) is 12.7. The van der Waals surface area contributed by atoms with E-state index in [1.165, 1.54) is 14.2 Å². The number of ether oxygens (including phenoxy) is 3. The summed E-state index contributed by atoms with van der Waals surface area (Å²) in [6.45, 7) is 0.374. The van der Waals surface area contributed by atoms with Crippen molar-refractivity contribution in [3.8, 4) is 0 Å². The molecular weight excluding hydrogens is 192 g/mol. The molecule has 0 fully saturated rings. The number of nitrogens with two attached hydrogens (primary N) is 1. The number of carbonyl (C=O) groups is 2. The molecule has 0 rings (SSSR count). The normalized spacial score (nSPS) is 11.9. The van der Waals surface area contributed by atoms with Gasteiger partial charge in [0.15, 0.2) is 0 Å². The molecule has 7 nitrogen and oxygen atoms in total. The van der Waals surface area contributed by atoms with E-state index in [2.05, 4.69) is 19.5 Å². The summed E-state index contributed by atoms with van der Waals surface area (Å²) in [6, 6.07) is 0. The zero-order valence-electron chi connectivity index (χ0n) is 8.11. The monoisotopic (exact) mass is 206 g/mol. The quantitative estimate of drug-likeness (QED) is 0.420. The number of primary amides is 1. The Morgan fingerprint density at radius 2 is 2.00 bits per heavy atom. The van der Waals surface area contributed by atoms with Gasteiger partial charge in [-0.05, 0) is 0 Å². The summed E-state index contributed by atoms with van der Waals surface area (Å²) in [5, 5.41) is 2.11. The van der Waals surface area contributed by atoms with Crippen LogP contribution in [0.15, 0.2) is 0 Å². The van der Waals surface area contributed by atoms with Crippen molar-refractivity contribution in [2.75, 3.05) is 27.4 Å². The van der Waals surface area contributed by atoms with Crippen molar-refractivity contribution in [1.29, 1.82) is 0 Å². The predicted octanol–water partition coefficient (Wildman–Crippen LogP) is -1.18. The van der Waals surface area contributed by atoms with Gasteiger partial charge in [-0.15, -0.1) is 0 Å². The summed E-state index contributed by atoms with van der Waals surface area (Å²) in [6.07, 6.45) is -1.96. The van der Waals surface area contributed by atoms with Gasteiger partial charge in [-0.3, -0.25) is 10.1 Å². The van der Waals surface area contributed by atoms with Crippen molar-refractivity contribution in [2.45, 2.75) is 6.23 Å². The van der Waals surface area contributed by atoms with Gasteiger partial charge in [0.25, 0.3) is 5.91 Å². The SMILES string of the molecule is COCCOC(=O)NC(OC)C(N)=O. The molecule has 0 aliphatic heterocycles. The molecule has 82 valence electrons. The van der Waals surface area contributed by atoms with Crippen LogP contribution in [0.4, 0.5) is 4.79 Å². The van der Waals surface area contributed by atoms with E-state index in [4.69, 9.17) is 5.73 Å². The van der Waals surface area contributed by atoms with Crippen LogP contribution in [0.1, 0.15) is 0 Å². The Labute approximate surface area is 81.5 Å². The standard InChI is InChI=1S/C7H14N2O5/c1-12-3-4-14-7(11)9-6(13-2)5(8)10/h6H,3-4H2,1-2H3,(H2,8,10)(H,9,11). The van der Waals surface area contributed by atoms with E-state index in [1.54, 1.807) is 0 Å². The Bertz CT molecular complexity index is 197. The number of methoxy groups -OCH3 is 2. The van der Waals surface area contributed by atoms with Gasteiger partial charge in [-0.2, -0.15) is 0 Å². The zero-order valence-corrected chi connectivity index (χ0v) is 8.11. The molecule has 0 aliphatic rings. The molecule has 14 heavy (non-hydrogen) atoms. The lowest BCUT2D eigenvalue weighted by Crippen LogP contribution is -2.46. The van der Waals surface area contributed by atoms with Crippen LogP contribution in [0.2, 0.25) is 0 Å². The molecule has 0 bridgehead atoms. The van der Waals surface area contributed by atoms with E-state index in [0.717, 1.165) is 0 Å². The number of hydrogen-bond acceptors (Lipinski definition) is 5. The van der Waals surface area contributed by atoms with Gasteiger partial charge in [0, 0.05) is 14.2 Å². The zero-order chi connectivity index (χ0) is 11.0. The summed E-state index contributed by atoms with van der Waals surface area (Å²) in [5.41, 5.74) is 4.89. The fourth-order valence-corrected chi connectivity index (χ4v) is 0.613. The second kappa shape index (κ2) is 7.10. The van der Waals surface area contributed by atoms with Gasteiger partial charge < -0.3 is 19.9 Å². The minimum Gasteiger partial charge on any atom is -0.447 e. The third-order valence-electron chi connectivity index (χ3n) is 1.26. The van der Waals surface area contributed by atoms with Gasteiger partial charge in [-0.25, -0.2) is 4.79 Å². The van der Waals surface area contributed by atoms with Crippen LogP contribution in [0.25, 0.3) is 0 Å². The van der Waals surface area contributed by atoms with Crippen molar-refractivity contribution in [2.24, 2.45) is 5.73 Å². The molecule has 0 saturated carbocycles. The van der Waals surface area contributed by atoms with E-state index < -0.39 is 18.2 Å². The molecular formula is C7H14N2O5. The highest BCUT2D eigenvalue weighted by molar-refractivity contribution is 5.82. The van der Waals surface area contributed by atoms with E-state index in [1.807, 2.05) is 0 Å². The Balaban J connectivity index is 3.74. The number of hydrogen-bond donors (Lipinski definition) is 2. The van der Waals surface area contributed by atoms with Crippen LogP contribution < -0.4 is 11.1 Å². The Morgan fingerprint density at radius 3 is 2.43 bits per heavy atom. The summed E-state index contributed by atoms with van der Waals surface area (Å²) in [5.74, 6) is -0.795. The number of nitrogens with one attached hydrogen (secondary N) is 1. The first-order chi connectivity index (χ1) is 6.61. The Morgan fingerprint density at radius 1 is 1.36 bits per heavy atom. The summed E-state index contributed by atoms with van der Waals surface area (Å²) in [7, 11) is 2.72. The second-order valence-electron chi connectivity index (χ2n) is 2.29. The molecule has 0 spiro atoms. The number of carbonyl (C=O) groups excluding carboxylic acids is 2. The molecule has 1 atom stereocenters. The lowest BCUT2D eigenvalue weighted by atomic mass is 10.5. The fraction of sp³-hybridized carbons (Fsp3) is 0.714. The summed E-state index contributed by atoms with van der Waals surface area (Å²) >= 11 is 0. The molecule has 0 aliphatic carbocycles. The maximum Gasteiger partial charge on any atom is 0.409 e. The fourth-order valence-electron chi connectivity index (χ4n) is 0.613. The van der Waals surface area contributed by atoms with Crippen LogP contribution in [0.5, 0.6) is 0 Å². The molecule has 0 aromatic rings. The van der Waals surface area contributed by atoms with Gasteiger partial charge in [0.1, 0.15) is 6.61 Å². The molecule has 0 aromatic heterocycles. The average molecular weight is 206 g/mol. The molecule has 7 heteroatoms. The first-order valence-corrected chi connectivity index (χ1v) is 3.86. The lowest BCUT2D eigenvalue weighted by Gasteiger charge is -2.13. The van der Waals surface area contributed by atoms with Crippen molar-refractivity contribution in [3.05, 3.63) is 0 Å². The maximum absolute atomic E-state index is 10.9. The lowest BCUT2D eigenvalue weighted by molar-refractivity contribution is -0.129. The van der Waals surface area contributed by atoms with Crippen LogP contribution in [-0.2, 0) is 19.0 Å². The molecule has 0 saturated heterocycles.